The molecule has 2 aliphatic rings. The Hall–Kier alpha value is -2.28. The highest BCUT2D eigenvalue weighted by atomic mass is 16.5. The molecule has 2 fully saturated rings. The molecule has 1 aliphatic heterocycles. The summed E-state index contributed by atoms with van der Waals surface area (Å²) in [6.07, 6.45) is 6.98. The van der Waals surface area contributed by atoms with E-state index >= 15 is 0 Å². The molecular formula is C18H24N6O. The smallest absolute Gasteiger partial charge is 0.134 e. The van der Waals surface area contributed by atoms with Gasteiger partial charge in [0.2, 0.25) is 0 Å². The largest absolute Gasteiger partial charge is 0.380 e. The molecule has 1 saturated carbocycles. The van der Waals surface area contributed by atoms with Crippen LogP contribution in [0.3, 0.4) is 0 Å². The van der Waals surface area contributed by atoms with Gasteiger partial charge >= 0.3 is 0 Å². The van der Waals surface area contributed by atoms with Crippen molar-refractivity contribution in [3.05, 3.63) is 36.2 Å². The molecule has 3 heterocycles. The van der Waals surface area contributed by atoms with Gasteiger partial charge in [0.05, 0.1) is 12.1 Å². The highest BCUT2D eigenvalue weighted by Gasteiger charge is 2.33. The molecule has 0 spiro atoms. The van der Waals surface area contributed by atoms with E-state index in [2.05, 4.69) is 25.2 Å². The Kier molecular flexibility index (Phi) is 4.48. The maximum Gasteiger partial charge on any atom is 0.134 e. The van der Waals surface area contributed by atoms with E-state index in [1.165, 1.54) is 12.8 Å². The summed E-state index contributed by atoms with van der Waals surface area (Å²) in [6, 6.07) is 4.27. The highest BCUT2D eigenvalue weighted by molar-refractivity contribution is 5.43. The second-order valence-electron chi connectivity index (χ2n) is 6.88. The quantitative estimate of drug-likeness (QED) is 0.863. The maximum absolute atomic E-state index is 5.58. The van der Waals surface area contributed by atoms with Gasteiger partial charge in [0.15, 0.2) is 0 Å². The molecule has 0 bridgehead atoms. The first-order chi connectivity index (χ1) is 12.2. The van der Waals surface area contributed by atoms with Crippen molar-refractivity contribution in [3.8, 4) is 0 Å². The Balaban J connectivity index is 1.47. The molecule has 0 amide bonds. The number of rotatable bonds is 6. The zero-order valence-electron chi connectivity index (χ0n) is 14.7. The SMILES string of the molecule is CO[C@@H]1C[C@H](CNc2cc(C)nc(C3CC3)n2)N(c2ccncn2)C1. The lowest BCUT2D eigenvalue weighted by Gasteiger charge is -2.25. The van der Waals surface area contributed by atoms with Gasteiger partial charge in [-0.1, -0.05) is 0 Å². The predicted octanol–water partition coefficient (Wildman–Crippen LogP) is 2.16. The monoisotopic (exact) mass is 340 g/mol. The fourth-order valence-electron chi connectivity index (χ4n) is 3.40. The van der Waals surface area contributed by atoms with Crippen LogP contribution in [-0.4, -0.2) is 52.3 Å². The van der Waals surface area contributed by atoms with Crippen LogP contribution in [0.1, 0.15) is 36.7 Å². The van der Waals surface area contributed by atoms with Gasteiger partial charge in [0, 0.05) is 44.1 Å². The summed E-state index contributed by atoms with van der Waals surface area (Å²) >= 11 is 0. The summed E-state index contributed by atoms with van der Waals surface area (Å²) in [5.41, 5.74) is 1.02. The number of hydrogen-bond donors (Lipinski definition) is 1. The van der Waals surface area contributed by atoms with Crippen LogP contribution in [0.25, 0.3) is 0 Å². The van der Waals surface area contributed by atoms with Gasteiger partial charge < -0.3 is 15.0 Å². The Morgan fingerprint density at radius 1 is 1.32 bits per heavy atom. The summed E-state index contributed by atoms with van der Waals surface area (Å²) in [5, 5.41) is 3.50. The third kappa shape index (κ3) is 3.71. The minimum atomic E-state index is 0.218. The molecule has 25 heavy (non-hydrogen) atoms. The number of aromatic nitrogens is 4. The van der Waals surface area contributed by atoms with Gasteiger partial charge in [-0.15, -0.1) is 0 Å². The number of hydrogen-bond acceptors (Lipinski definition) is 7. The van der Waals surface area contributed by atoms with E-state index in [1.54, 1.807) is 19.6 Å². The molecule has 2 atom stereocenters. The molecule has 2 aromatic heterocycles. The first-order valence-corrected chi connectivity index (χ1v) is 8.88. The Bertz CT molecular complexity index is 721. The Morgan fingerprint density at radius 3 is 2.92 bits per heavy atom. The molecule has 1 aliphatic carbocycles. The van der Waals surface area contributed by atoms with E-state index in [4.69, 9.17) is 9.72 Å². The predicted molar refractivity (Wildman–Crippen MR) is 95.8 cm³/mol. The zero-order chi connectivity index (χ0) is 17.2. The topological polar surface area (TPSA) is 76.1 Å². The van der Waals surface area contributed by atoms with E-state index in [1.807, 2.05) is 19.1 Å². The molecule has 2 aromatic rings. The maximum atomic E-state index is 5.58. The van der Waals surface area contributed by atoms with E-state index in [0.717, 1.165) is 42.7 Å². The fourth-order valence-corrected chi connectivity index (χ4v) is 3.40. The number of nitrogens with one attached hydrogen (secondary N) is 1. The van der Waals surface area contributed by atoms with Crippen molar-refractivity contribution in [2.45, 2.75) is 44.2 Å². The summed E-state index contributed by atoms with van der Waals surface area (Å²) in [7, 11) is 1.77. The van der Waals surface area contributed by atoms with Gasteiger partial charge in [-0.3, -0.25) is 0 Å². The average Bonchev–Trinajstić information content (AvgIpc) is 3.40. The van der Waals surface area contributed by atoms with Crippen LogP contribution in [0.15, 0.2) is 24.7 Å². The standard InChI is InChI=1S/C18H24N6O/c1-12-7-16(23-18(22-12)13-3-4-13)20-9-14-8-15(25-2)10-24(14)17-5-6-19-11-21-17/h5-7,11,13-15H,3-4,8-10H2,1-2H3,(H,20,22,23)/t14-,15-/m1/s1. The molecule has 132 valence electrons. The summed E-state index contributed by atoms with van der Waals surface area (Å²) in [4.78, 5) is 20.0. The molecular weight excluding hydrogens is 316 g/mol. The van der Waals surface area contributed by atoms with Crippen LogP contribution < -0.4 is 10.2 Å². The third-order valence-electron chi connectivity index (χ3n) is 4.90. The van der Waals surface area contributed by atoms with Gasteiger partial charge in [-0.05, 0) is 32.3 Å². The first-order valence-electron chi connectivity index (χ1n) is 8.88. The molecule has 0 aromatic carbocycles. The lowest BCUT2D eigenvalue weighted by molar-refractivity contribution is 0.118. The minimum Gasteiger partial charge on any atom is -0.380 e. The number of anilines is 2. The van der Waals surface area contributed by atoms with Crippen LogP contribution in [0.2, 0.25) is 0 Å². The molecule has 1 N–H and O–H groups in total. The number of methoxy groups -OCH3 is 1. The van der Waals surface area contributed by atoms with Crippen molar-refractivity contribution in [2.24, 2.45) is 0 Å². The first kappa shape index (κ1) is 16.2. The average molecular weight is 340 g/mol. The van der Waals surface area contributed by atoms with Crippen molar-refractivity contribution in [1.82, 2.24) is 19.9 Å². The van der Waals surface area contributed by atoms with Crippen LogP contribution in [0.5, 0.6) is 0 Å². The van der Waals surface area contributed by atoms with E-state index in [-0.39, 0.29) is 6.10 Å². The van der Waals surface area contributed by atoms with Crippen LogP contribution in [0, 0.1) is 6.92 Å². The molecule has 0 radical (unpaired) electrons. The molecule has 7 nitrogen and oxygen atoms in total. The van der Waals surface area contributed by atoms with E-state index in [0.29, 0.717) is 12.0 Å². The van der Waals surface area contributed by atoms with Crippen molar-refractivity contribution in [2.75, 3.05) is 30.4 Å². The number of ether oxygens (including phenoxy) is 1. The van der Waals surface area contributed by atoms with Crippen molar-refractivity contribution >= 4 is 11.6 Å². The molecule has 0 unspecified atom stereocenters. The normalized spacial score (nSPS) is 23.0. The third-order valence-corrected chi connectivity index (χ3v) is 4.90. The highest BCUT2D eigenvalue weighted by Crippen LogP contribution is 2.38. The molecule has 4 rings (SSSR count). The molecule has 1 saturated heterocycles. The Labute approximate surface area is 147 Å². The fraction of sp³-hybridized carbons (Fsp3) is 0.556. The second kappa shape index (κ2) is 6.92. The lowest BCUT2D eigenvalue weighted by atomic mass is 10.2. The number of aryl methyl sites for hydroxylation is 1. The Morgan fingerprint density at radius 2 is 2.20 bits per heavy atom. The molecule has 7 heteroatoms. The van der Waals surface area contributed by atoms with Gasteiger partial charge in [-0.2, -0.15) is 0 Å². The number of nitrogens with zero attached hydrogens (tertiary/aromatic N) is 5. The summed E-state index contributed by atoms with van der Waals surface area (Å²) in [6.45, 7) is 3.67. The van der Waals surface area contributed by atoms with E-state index < -0.39 is 0 Å². The zero-order valence-corrected chi connectivity index (χ0v) is 14.7. The van der Waals surface area contributed by atoms with Crippen LogP contribution >= 0.6 is 0 Å². The van der Waals surface area contributed by atoms with Crippen molar-refractivity contribution in [1.29, 1.82) is 0 Å². The lowest BCUT2D eigenvalue weighted by Crippen LogP contribution is -2.35. The second-order valence-corrected chi connectivity index (χ2v) is 6.88. The van der Waals surface area contributed by atoms with Gasteiger partial charge in [0.1, 0.15) is 23.8 Å². The summed E-state index contributed by atoms with van der Waals surface area (Å²) in [5.74, 6) is 3.40. The summed E-state index contributed by atoms with van der Waals surface area (Å²) < 4.78 is 5.58. The van der Waals surface area contributed by atoms with Crippen molar-refractivity contribution < 1.29 is 4.74 Å². The van der Waals surface area contributed by atoms with Crippen molar-refractivity contribution in [3.63, 3.8) is 0 Å². The van der Waals surface area contributed by atoms with Crippen LogP contribution in [-0.2, 0) is 4.74 Å². The van der Waals surface area contributed by atoms with E-state index in [9.17, 15) is 0 Å². The minimum absolute atomic E-state index is 0.218. The van der Waals surface area contributed by atoms with Gasteiger partial charge in [-0.25, -0.2) is 19.9 Å². The van der Waals surface area contributed by atoms with Gasteiger partial charge in [0.25, 0.3) is 0 Å². The van der Waals surface area contributed by atoms with Crippen LogP contribution in [0.4, 0.5) is 11.6 Å².